The Morgan fingerprint density at radius 3 is 2.50 bits per heavy atom. The molecule has 110 valence electrons. The van der Waals surface area contributed by atoms with Crippen molar-refractivity contribution in [2.24, 2.45) is 0 Å². The first-order valence-corrected chi connectivity index (χ1v) is 7.07. The molecule has 2 N–H and O–H groups in total. The van der Waals surface area contributed by atoms with Crippen LogP contribution in [0.25, 0.3) is 0 Å². The Kier molecular flexibility index (Phi) is 4.86. The van der Waals surface area contributed by atoms with Gasteiger partial charge in [-0.05, 0) is 36.7 Å². The molecule has 0 aliphatic heterocycles. The van der Waals surface area contributed by atoms with E-state index in [1.807, 2.05) is 0 Å². The lowest BCUT2D eigenvalue weighted by Gasteiger charge is -2.17. The third-order valence-electron chi connectivity index (χ3n) is 3.45. The van der Waals surface area contributed by atoms with E-state index in [4.69, 9.17) is 12.2 Å². The highest BCUT2D eigenvalue weighted by molar-refractivity contribution is 7.80. The zero-order valence-electron chi connectivity index (χ0n) is 11.0. The zero-order valence-corrected chi connectivity index (χ0v) is 11.8. The Bertz CT molecular complexity index is 468. The molecule has 0 bridgehead atoms. The summed E-state index contributed by atoms with van der Waals surface area (Å²) >= 11 is 5.12. The monoisotopic (exact) mass is 302 g/mol. The lowest BCUT2D eigenvalue weighted by molar-refractivity contribution is -0.138. The Balaban J connectivity index is 1.92. The van der Waals surface area contributed by atoms with Gasteiger partial charge in [0.15, 0.2) is 5.11 Å². The minimum Gasteiger partial charge on any atom is -0.360 e. The van der Waals surface area contributed by atoms with Crippen molar-refractivity contribution in [1.82, 2.24) is 10.6 Å². The van der Waals surface area contributed by atoms with E-state index in [0.29, 0.717) is 11.2 Å². The van der Waals surface area contributed by atoms with Gasteiger partial charge in [0.2, 0.25) is 0 Å². The topological polar surface area (TPSA) is 24.1 Å². The number of benzene rings is 1. The first kappa shape index (κ1) is 15.1. The van der Waals surface area contributed by atoms with Crippen LogP contribution >= 0.6 is 12.2 Å². The molecular weight excluding hydrogens is 285 g/mol. The molecule has 0 atom stereocenters. The molecule has 2 nitrogen and oxygen atoms in total. The van der Waals surface area contributed by atoms with Crippen molar-refractivity contribution in [2.75, 3.05) is 0 Å². The average molecular weight is 302 g/mol. The normalized spacial score (nSPS) is 16.1. The summed E-state index contributed by atoms with van der Waals surface area (Å²) in [4.78, 5) is 0. The molecule has 1 aromatic carbocycles. The quantitative estimate of drug-likeness (QED) is 0.834. The number of alkyl halides is 3. The second kappa shape index (κ2) is 6.43. The van der Waals surface area contributed by atoms with Crippen molar-refractivity contribution in [2.45, 2.75) is 44.4 Å². The van der Waals surface area contributed by atoms with E-state index in [1.54, 1.807) is 6.07 Å². The van der Waals surface area contributed by atoms with Gasteiger partial charge in [0.1, 0.15) is 0 Å². The molecule has 1 aliphatic carbocycles. The predicted molar refractivity (Wildman–Crippen MR) is 76.3 cm³/mol. The summed E-state index contributed by atoms with van der Waals surface area (Å²) in [6.07, 6.45) is 0.162. The van der Waals surface area contributed by atoms with E-state index >= 15 is 0 Å². The first-order chi connectivity index (χ1) is 9.47. The van der Waals surface area contributed by atoms with Crippen LogP contribution in [-0.2, 0) is 12.7 Å². The average Bonchev–Trinajstić information content (AvgIpc) is 2.88. The number of thiocarbonyl (C=S) groups is 1. The third-order valence-corrected chi connectivity index (χ3v) is 3.71. The Morgan fingerprint density at radius 1 is 1.20 bits per heavy atom. The molecule has 0 unspecified atom stereocenters. The molecule has 0 radical (unpaired) electrons. The number of rotatable bonds is 3. The van der Waals surface area contributed by atoms with E-state index in [-0.39, 0.29) is 12.1 Å². The highest BCUT2D eigenvalue weighted by Crippen LogP contribution is 2.31. The van der Waals surface area contributed by atoms with E-state index < -0.39 is 11.7 Å². The second-order valence-electron chi connectivity index (χ2n) is 4.96. The van der Waals surface area contributed by atoms with Gasteiger partial charge in [0, 0.05) is 12.6 Å². The van der Waals surface area contributed by atoms with E-state index in [2.05, 4.69) is 10.6 Å². The zero-order chi connectivity index (χ0) is 14.6. The Hall–Kier alpha value is -1.30. The number of halogens is 3. The van der Waals surface area contributed by atoms with E-state index in [0.717, 1.165) is 18.9 Å². The van der Waals surface area contributed by atoms with Crippen LogP contribution in [0.15, 0.2) is 24.3 Å². The summed E-state index contributed by atoms with van der Waals surface area (Å²) in [5, 5.41) is 6.43. The highest BCUT2D eigenvalue weighted by atomic mass is 32.1. The molecule has 0 saturated heterocycles. The third kappa shape index (κ3) is 4.10. The smallest absolute Gasteiger partial charge is 0.360 e. The molecule has 0 amide bonds. The van der Waals surface area contributed by atoms with Crippen LogP contribution in [0.2, 0.25) is 0 Å². The maximum absolute atomic E-state index is 12.8. The molecule has 0 heterocycles. The van der Waals surface area contributed by atoms with Crippen molar-refractivity contribution in [3.63, 3.8) is 0 Å². The van der Waals surface area contributed by atoms with Gasteiger partial charge in [-0.1, -0.05) is 31.0 Å². The second-order valence-corrected chi connectivity index (χ2v) is 5.37. The van der Waals surface area contributed by atoms with Crippen LogP contribution in [0.1, 0.15) is 36.8 Å². The molecule has 1 aromatic rings. The summed E-state index contributed by atoms with van der Waals surface area (Å²) in [6, 6.07) is 5.90. The number of nitrogens with one attached hydrogen (secondary N) is 2. The van der Waals surface area contributed by atoms with Crippen molar-refractivity contribution >= 4 is 17.3 Å². The summed E-state index contributed by atoms with van der Waals surface area (Å²) in [7, 11) is 0. The van der Waals surface area contributed by atoms with E-state index in [9.17, 15) is 13.2 Å². The number of hydrogen-bond acceptors (Lipinski definition) is 1. The molecule has 6 heteroatoms. The fraction of sp³-hybridized carbons (Fsp3) is 0.500. The van der Waals surface area contributed by atoms with Crippen LogP contribution in [0.5, 0.6) is 0 Å². The van der Waals surface area contributed by atoms with Crippen molar-refractivity contribution < 1.29 is 13.2 Å². The largest absolute Gasteiger partial charge is 0.416 e. The van der Waals surface area contributed by atoms with Gasteiger partial charge in [-0.2, -0.15) is 13.2 Å². The van der Waals surface area contributed by atoms with Crippen molar-refractivity contribution in [3.05, 3.63) is 35.4 Å². The Labute approximate surface area is 121 Å². The minimum absolute atomic E-state index is 0.0776. The maximum Gasteiger partial charge on any atom is 0.416 e. The lowest BCUT2D eigenvalue weighted by Crippen LogP contribution is -2.40. The van der Waals surface area contributed by atoms with Crippen LogP contribution in [-0.4, -0.2) is 11.2 Å². The van der Waals surface area contributed by atoms with Gasteiger partial charge in [-0.15, -0.1) is 0 Å². The predicted octanol–water partition coefficient (Wildman–Crippen LogP) is 3.61. The van der Waals surface area contributed by atoms with Gasteiger partial charge < -0.3 is 10.6 Å². The molecule has 1 saturated carbocycles. The minimum atomic E-state index is -4.33. The van der Waals surface area contributed by atoms with Crippen molar-refractivity contribution in [3.8, 4) is 0 Å². The molecule has 2 rings (SSSR count). The van der Waals surface area contributed by atoms with Gasteiger partial charge in [-0.3, -0.25) is 0 Å². The fourth-order valence-corrected chi connectivity index (χ4v) is 2.67. The maximum atomic E-state index is 12.8. The highest BCUT2D eigenvalue weighted by Gasteiger charge is 2.32. The molecular formula is C14H17F3N2S. The summed E-state index contributed by atoms with van der Waals surface area (Å²) < 4.78 is 38.5. The van der Waals surface area contributed by atoms with Crippen LogP contribution in [0, 0.1) is 0 Å². The molecule has 0 spiro atoms. The SMILES string of the molecule is FC(F)(F)c1ccccc1CNC(=S)NC1CCCC1. The summed E-state index contributed by atoms with van der Waals surface area (Å²) in [5.74, 6) is 0. The standard InChI is InChI=1S/C14H17F3N2S/c15-14(16,17)12-8-4-1-5-10(12)9-18-13(20)19-11-6-2-3-7-11/h1,4-5,8,11H,2-3,6-7,9H2,(H2,18,19,20). The first-order valence-electron chi connectivity index (χ1n) is 6.66. The van der Waals surface area contributed by atoms with Crippen LogP contribution < -0.4 is 10.6 Å². The summed E-state index contributed by atoms with van der Waals surface area (Å²) in [5.41, 5.74) is -0.410. The number of hydrogen-bond donors (Lipinski definition) is 2. The van der Waals surface area contributed by atoms with Gasteiger partial charge in [0.05, 0.1) is 5.56 Å². The van der Waals surface area contributed by atoms with Gasteiger partial charge in [0.25, 0.3) is 0 Å². The molecule has 1 fully saturated rings. The fourth-order valence-electron chi connectivity index (χ4n) is 2.43. The van der Waals surface area contributed by atoms with Gasteiger partial charge in [-0.25, -0.2) is 0 Å². The van der Waals surface area contributed by atoms with Gasteiger partial charge >= 0.3 is 6.18 Å². The molecule has 1 aliphatic rings. The molecule has 0 aromatic heterocycles. The van der Waals surface area contributed by atoms with Crippen molar-refractivity contribution in [1.29, 1.82) is 0 Å². The Morgan fingerprint density at radius 2 is 1.85 bits per heavy atom. The summed E-state index contributed by atoms with van der Waals surface area (Å²) in [6.45, 7) is 0.0776. The van der Waals surface area contributed by atoms with E-state index in [1.165, 1.54) is 25.0 Å². The van der Waals surface area contributed by atoms with Crippen LogP contribution in [0.4, 0.5) is 13.2 Å². The lowest BCUT2D eigenvalue weighted by atomic mass is 10.1. The molecule has 20 heavy (non-hydrogen) atoms. The van der Waals surface area contributed by atoms with Crippen LogP contribution in [0.3, 0.4) is 0 Å².